The van der Waals surface area contributed by atoms with Crippen LogP contribution in [0.3, 0.4) is 0 Å². The van der Waals surface area contributed by atoms with Gasteiger partial charge in [-0.3, -0.25) is 0 Å². The zero-order valence-corrected chi connectivity index (χ0v) is 51.0. The predicted molar refractivity (Wildman–Crippen MR) is 381 cm³/mol. The maximum absolute atomic E-state index is 5.67. The molecule has 0 atom stereocenters. The van der Waals surface area contributed by atoms with Crippen LogP contribution in [0.25, 0.3) is 107 Å². The van der Waals surface area contributed by atoms with Gasteiger partial charge in [0.15, 0.2) is 23.3 Å². The van der Waals surface area contributed by atoms with Gasteiger partial charge in [-0.1, -0.05) is 227 Å². The molecule has 92 heavy (non-hydrogen) atoms. The third kappa shape index (κ3) is 9.35. The molecule has 5 heterocycles. The highest BCUT2D eigenvalue weighted by molar-refractivity contribution is 7.00. The summed E-state index contributed by atoms with van der Waals surface area (Å²) in [7, 11) is 0. The van der Waals surface area contributed by atoms with Gasteiger partial charge in [0.2, 0.25) is 0 Å². The van der Waals surface area contributed by atoms with E-state index >= 15 is 0 Å². The van der Waals surface area contributed by atoms with Crippen LogP contribution < -0.4 is 26.2 Å². The lowest BCUT2D eigenvalue weighted by Gasteiger charge is -2.44. The number of anilines is 6. The molecule has 0 aliphatic carbocycles. The van der Waals surface area contributed by atoms with Gasteiger partial charge in [-0.05, 0) is 136 Å². The summed E-state index contributed by atoms with van der Waals surface area (Å²) in [6.07, 6.45) is 0. The maximum Gasteiger partial charge on any atom is 0.252 e. The molecule has 434 valence electrons. The summed E-state index contributed by atoms with van der Waals surface area (Å²) in [5.74, 6) is 2.34. The van der Waals surface area contributed by atoms with Gasteiger partial charge < -0.3 is 14.4 Å². The van der Waals surface area contributed by atoms with Crippen molar-refractivity contribution in [1.82, 2.24) is 29.5 Å². The Kier molecular flexibility index (Phi) is 13.0. The zero-order valence-electron chi connectivity index (χ0n) is 51.0. The lowest BCUT2D eigenvalue weighted by atomic mass is 9.33. The largest absolute Gasteiger partial charge is 0.311 e. The molecule has 9 heteroatoms. The van der Waals surface area contributed by atoms with Gasteiger partial charge >= 0.3 is 0 Å². The van der Waals surface area contributed by atoms with Crippen LogP contribution in [0.15, 0.2) is 303 Å². The minimum absolute atomic E-state index is 0.0499. The van der Waals surface area contributed by atoms with Gasteiger partial charge in [0.05, 0.1) is 28.1 Å². The van der Waals surface area contributed by atoms with Crippen molar-refractivity contribution in [1.29, 1.82) is 0 Å². The van der Waals surface area contributed by atoms with Crippen molar-refractivity contribution in [2.75, 3.05) is 9.80 Å². The van der Waals surface area contributed by atoms with Crippen LogP contribution in [-0.4, -0.2) is 36.2 Å². The molecule has 0 fully saturated rings. The van der Waals surface area contributed by atoms with Gasteiger partial charge in [0, 0.05) is 78.3 Å². The predicted octanol–water partition coefficient (Wildman–Crippen LogP) is 18.8. The molecule has 2 aliphatic rings. The van der Waals surface area contributed by atoms with Crippen molar-refractivity contribution in [3.8, 4) is 84.9 Å². The Labute approximate surface area is 535 Å². The van der Waals surface area contributed by atoms with Crippen molar-refractivity contribution < 1.29 is 0 Å². The first-order valence-corrected chi connectivity index (χ1v) is 31.4. The molecule has 0 bridgehead atoms. The smallest absolute Gasteiger partial charge is 0.252 e. The Morgan fingerprint density at radius 2 is 0.761 bits per heavy atom. The van der Waals surface area contributed by atoms with E-state index < -0.39 is 0 Å². The average Bonchev–Trinajstić information content (AvgIpc) is 0.845. The molecule has 0 saturated carbocycles. The van der Waals surface area contributed by atoms with Gasteiger partial charge in [-0.15, -0.1) is 0 Å². The second-order valence-electron chi connectivity index (χ2n) is 24.8. The fraction of sp³-hybridized carbons (Fsp3) is 0.0482. The van der Waals surface area contributed by atoms with E-state index in [4.69, 9.17) is 24.9 Å². The zero-order chi connectivity index (χ0) is 61.4. The van der Waals surface area contributed by atoms with Crippen molar-refractivity contribution in [2.24, 2.45) is 0 Å². The molecule has 0 amide bonds. The van der Waals surface area contributed by atoms with E-state index in [2.05, 4.69) is 272 Å². The van der Waals surface area contributed by atoms with Crippen LogP contribution in [0.2, 0.25) is 0 Å². The fourth-order valence-electron chi connectivity index (χ4n) is 13.8. The molecule has 17 rings (SSSR count). The van der Waals surface area contributed by atoms with E-state index in [0.29, 0.717) is 23.3 Å². The summed E-state index contributed by atoms with van der Waals surface area (Å²) in [4.78, 5) is 31.6. The molecule has 2 aliphatic heterocycles. The average molecular weight is 1180 g/mol. The Hall–Kier alpha value is -11.8. The van der Waals surface area contributed by atoms with Crippen molar-refractivity contribution >= 4 is 79.0 Å². The minimum Gasteiger partial charge on any atom is -0.311 e. The number of aromatic nitrogens is 6. The van der Waals surface area contributed by atoms with Gasteiger partial charge in [0.25, 0.3) is 6.71 Å². The summed E-state index contributed by atoms with van der Waals surface area (Å²) in [5.41, 5.74) is 24.3. The molecule has 0 radical (unpaired) electrons. The molecular weight excluding hydrogens is 1120 g/mol. The number of nitrogens with zero attached hydrogens (tertiary/aromatic N) is 8. The second-order valence-corrected chi connectivity index (χ2v) is 24.8. The highest BCUT2D eigenvalue weighted by atomic mass is 15.2. The number of hydrogen-bond acceptors (Lipinski definition) is 7. The molecule has 0 saturated heterocycles. The van der Waals surface area contributed by atoms with Crippen molar-refractivity contribution in [2.45, 2.75) is 26.2 Å². The standard InChI is InChI=1S/C83H59BN8/c1-83(2,3)61-45-49-72-65(52-61)64-34-16-19-37-71(64)92(72)73-48-44-60(82-88-79(56-26-10-5-11-27-56)87-80(89-82)57-28-12-6-13-29-57)51-66(73)70-53-69(55-24-8-4-9-25-55)85-81(86-70)59-31-22-30-58(50-59)54-42-46-63(47-43-54)91-75-39-21-18-36-68(75)84-67-35-17-20-38-74(67)90(62-32-14-7-15-33-62)76-40-23-41-77(91)78(76)84/h4-53H,1-3H3. The minimum atomic E-state index is -0.0499. The first kappa shape index (κ1) is 54.4. The van der Waals surface area contributed by atoms with E-state index in [1.807, 2.05) is 66.7 Å². The number of fused-ring (bicyclic) bond motifs is 7. The van der Waals surface area contributed by atoms with Gasteiger partial charge in [0.1, 0.15) is 0 Å². The third-order valence-corrected chi connectivity index (χ3v) is 18.2. The van der Waals surface area contributed by atoms with Gasteiger partial charge in [-0.2, -0.15) is 0 Å². The molecule has 15 aromatic rings. The Morgan fingerprint density at radius 3 is 1.40 bits per heavy atom. The fourth-order valence-corrected chi connectivity index (χ4v) is 13.8. The summed E-state index contributed by atoms with van der Waals surface area (Å²) >= 11 is 0. The number of para-hydroxylation sites is 4. The normalized spacial score (nSPS) is 12.4. The first-order valence-electron chi connectivity index (χ1n) is 31.4. The molecule has 0 N–H and O–H groups in total. The second kappa shape index (κ2) is 22.0. The molecule has 0 unspecified atom stereocenters. The summed E-state index contributed by atoms with van der Waals surface area (Å²) in [6, 6.07) is 108. The summed E-state index contributed by atoms with van der Waals surface area (Å²) in [6.45, 7) is 6.89. The van der Waals surface area contributed by atoms with E-state index in [9.17, 15) is 0 Å². The van der Waals surface area contributed by atoms with Crippen LogP contribution in [0, 0.1) is 0 Å². The molecular formula is C83H59BN8. The summed E-state index contributed by atoms with van der Waals surface area (Å²) in [5, 5.41) is 2.36. The number of rotatable bonds is 10. The van der Waals surface area contributed by atoms with E-state index in [0.717, 1.165) is 84.0 Å². The van der Waals surface area contributed by atoms with E-state index in [1.54, 1.807) is 0 Å². The Balaban J connectivity index is 0.814. The van der Waals surface area contributed by atoms with Crippen LogP contribution in [0.1, 0.15) is 26.3 Å². The molecule has 0 spiro atoms. The molecule has 3 aromatic heterocycles. The van der Waals surface area contributed by atoms with Gasteiger partial charge in [-0.25, -0.2) is 24.9 Å². The SMILES string of the molecule is CC(C)(C)c1ccc2c(c1)c1ccccc1n2-c1ccc(-c2nc(-c3ccccc3)nc(-c3ccccc3)n2)cc1-c1cc(-c2ccccc2)nc(-c2cccc(-c3ccc(N4c5ccccc5B5c6ccccc6N(c6ccccc6)c6cccc4c65)cc3)c2)n1. The number of hydrogen-bond donors (Lipinski definition) is 0. The Bertz CT molecular complexity index is 5280. The lowest BCUT2D eigenvalue weighted by Crippen LogP contribution is -2.61. The van der Waals surface area contributed by atoms with Crippen molar-refractivity contribution in [3.05, 3.63) is 309 Å². The first-order chi connectivity index (χ1) is 45.3. The highest BCUT2D eigenvalue weighted by Crippen LogP contribution is 2.45. The third-order valence-electron chi connectivity index (χ3n) is 18.2. The molecule has 12 aromatic carbocycles. The summed E-state index contributed by atoms with van der Waals surface area (Å²) < 4.78 is 2.40. The number of benzene rings is 12. The van der Waals surface area contributed by atoms with Crippen molar-refractivity contribution in [3.63, 3.8) is 0 Å². The quantitative estimate of drug-likeness (QED) is 0.126. The molecule has 8 nitrogen and oxygen atoms in total. The van der Waals surface area contributed by atoms with E-state index in [1.165, 1.54) is 55.5 Å². The van der Waals surface area contributed by atoms with Crippen LogP contribution in [0.4, 0.5) is 34.1 Å². The highest BCUT2D eigenvalue weighted by Gasteiger charge is 2.43. The van der Waals surface area contributed by atoms with Crippen LogP contribution >= 0.6 is 0 Å². The van der Waals surface area contributed by atoms with Crippen LogP contribution in [-0.2, 0) is 5.41 Å². The maximum atomic E-state index is 5.67. The topological polar surface area (TPSA) is 75.9 Å². The monoisotopic (exact) mass is 1180 g/mol. The lowest BCUT2D eigenvalue weighted by molar-refractivity contribution is 0.591. The Morgan fingerprint density at radius 1 is 0.293 bits per heavy atom. The van der Waals surface area contributed by atoms with E-state index in [-0.39, 0.29) is 12.1 Å². The van der Waals surface area contributed by atoms with Crippen LogP contribution in [0.5, 0.6) is 0 Å².